The SMILES string of the molecule is NCC1CCC(CN(Cc2ccc(Cl)cc2)Cc2nc3ccccc3s2)CC1. The third-order valence-corrected chi connectivity index (χ3v) is 7.11. The Kier molecular flexibility index (Phi) is 6.63. The number of hydrogen-bond donors (Lipinski definition) is 1. The highest BCUT2D eigenvalue weighted by Crippen LogP contribution is 2.30. The third kappa shape index (κ3) is 5.12. The molecule has 1 fully saturated rings. The lowest BCUT2D eigenvalue weighted by atomic mass is 9.82. The summed E-state index contributed by atoms with van der Waals surface area (Å²) in [5, 5.41) is 1.99. The quantitative estimate of drug-likeness (QED) is 0.538. The van der Waals surface area contributed by atoms with Crippen LogP contribution in [-0.2, 0) is 13.1 Å². The molecule has 0 saturated heterocycles. The van der Waals surface area contributed by atoms with Crippen molar-refractivity contribution in [1.82, 2.24) is 9.88 Å². The van der Waals surface area contributed by atoms with E-state index in [2.05, 4.69) is 41.3 Å². The number of aromatic nitrogens is 1. The highest BCUT2D eigenvalue weighted by molar-refractivity contribution is 7.18. The molecule has 5 heteroatoms. The zero-order chi connectivity index (χ0) is 19.3. The Morgan fingerprint density at radius 1 is 0.964 bits per heavy atom. The normalized spacial score (nSPS) is 20.1. The average molecular weight is 414 g/mol. The Hall–Kier alpha value is -1.46. The van der Waals surface area contributed by atoms with Gasteiger partial charge in [-0.1, -0.05) is 35.9 Å². The van der Waals surface area contributed by atoms with Gasteiger partial charge in [0.15, 0.2) is 0 Å². The van der Waals surface area contributed by atoms with Crippen LogP contribution in [0.15, 0.2) is 48.5 Å². The van der Waals surface area contributed by atoms with Gasteiger partial charge in [0.05, 0.1) is 16.8 Å². The van der Waals surface area contributed by atoms with Gasteiger partial charge in [-0.15, -0.1) is 11.3 Å². The molecule has 1 heterocycles. The van der Waals surface area contributed by atoms with E-state index in [1.165, 1.54) is 41.0 Å². The van der Waals surface area contributed by atoms with E-state index in [1.54, 1.807) is 0 Å². The number of thiazole rings is 1. The van der Waals surface area contributed by atoms with Crippen LogP contribution in [0.1, 0.15) is 36.3 Å². The summed E-state index contributed by atoms with van der Waals surface area (Å²) in [6.45, 7) is 3.80. The maximum atomic E-state index is 6.07. The zero-order valence-electron chi connectivity index (χ0n) is 16.2. The Labute approximate surface area is 176 Å². The number of rotatable bonds is 7. The Balaban J connectivity index is 1.47. The maximum absolute atomic E-state index is 6.07. The minimum absolute atomic E-state index is 0.727. The fraction of sp³-hybridized carbons (Fsp3) is 0.435. The number of halogens is 1. The highest BCUT2D eigenvalue weighted by Gasteiger charge is 2.23. The molecule has 4 rings (SSSR count). The van der Waals surface area contributed by atoms with Crippen LogP contribution in [0.2, 0.25) is 5.02 Å². The first-order chi connectivity index (χ1) is 13.7. The molecule has 1 aromatic heterocycles. The van der Waals surface area contributed by atoms with Crippen LogP contribution in [0.25, 0.3) is 10.2 Å². The van der Waals surface area contributed by atoms with Gasteiger partial charge < -0.3 is 5.73 Å². The number of nitrogens with zero attached hydrogens (tertiary/aromatic N) is 2. The minimum Gasteiger partial charge on any atom is -0.330 e. The summed E-state index contributed by atoms with van der Waals surface area (Å²) in [5.74, 6) is 1.48. The predicted octanol–water partition coefficient (Wildman–Crippen LogP) is 5.72. The van der Waals surface area contributed by atoms with Crippen LogP contribution in [0.4, 0.5) is 0 Å². The summed E-state index contributed by atoms with van der Waals surface area (Å²) in [6, 6.07) is 16.7. The van der Waals surface area contributed by atoms with E-state index >= 15 is 0 Å². The predicted molar refractivity (Wildman–Crippen MR) is 120 cm³/mol. The lowest BCUT2D eigenvalue weighted by molar-refractivity contribution is 0.170. The Morgan fingerprint density at radius 3 is 2.39 bits per heavy atom. The van der Waals surface area contributed by atoms with Gasteiger partial charge in [0.1, 0.15) is 5.01 Å². The fourth-order valence-corrected chi connectivity index (χ4v) is 5.36. The van der Waals surface area contributed by atoms with Gasteiger partial charge in [0.2, 0.25) is 0 Å². The van der Waals surface area contributed by atoms with Crippen molar-refractivity contribution in [3.63, 3.8) is 0 Å². The van der Waals surface area contributed by atoms with Crippen molar-refractivity contribution in [1.29, 1.82) is 0 Å². The summed E-state index contributed by atoms with van der Waals surface area (Å²) in [7, 11) is 0. The van der Waals surface area contributed by atoms with Crippen molar-refractivity contribution in [2.45, 2.75) is 38.8 Å². The van der Waals surface area contributed by atoms with Crippen LogP contribution in [0.5, 0.6) is 0 Å². The molecule has 0 atom stereocenters. The molecule has 0 radical (unpaired) electrons. The number of nitrogens with two attached hydrogens (primary N) is 1. The van der Waals surface area contributed by atoms with Crippen LogP contribution >= 0.6 is 22.9 Å². The van der Waals surface area contributed by atoms with Gasteiger partial charge >= 0.3 is 0 Å². The van der Waals surface area contributed by atoms with Gasteiger partial charge in [-0.3, -0.25) is 4.90 Å². The first-order valence-electron chi connectivity index (χ1n) is 10.2. The molecule has 28 heavy (non-hydrogen) atoms. The van der Waals surface area contributed by atoms with Gasteiger partial charge in [-0.05, 0) is 73.9 Å². The molecule has 1 aliphatic carbocycles. The molecule has 148 valence electrons. The lowest BCUT2D eigenvalue weighted by Crippen LogP contribution is -2.32. The molecule has 2 aromatic carbocycles. The van der Waals surface area contributed by atoms with E-state index in [4.69, 9.17) is 22.3 Å². The van der Waals surface area contributed by atoms with E-state index in [1.807, 2.05) is 23.5 Å². The number of benzene rings is 2. The summed E-state index contributed by atoms with van der Waals surface area (Å²) >= 11 is 7.89. The minimum atomic E-state index is 0.727. The smallest absolute Gasteiger partial charge is 0.108 e. The van der Waals surface area contributed by atoms with Crippen molar-refractivity contribution in [2.24, 2.45) is 17.6 Å². The average Bonchev–Trinajstić information content (AvgIpc) is 3.12. The molecule has 0 aliphatic heterocycles. The van der Waals surface area contributed by atoms with Gasteiger partial charge in [-0.2, -0.15) is 0 Å². The standard InChI is InChI=1S/C23H28ClN3S/c24-20-11-9-19(10-12-20)15-27(14-18-7-5-17(13-25)6-8-18)16-23-26-21-3-1-2-4-22(21)28-23/h1-4,9-12,17-18H,5-8,13-16,25H2. The Bertz CT molecular complexity index is 851. The largest absolute Gasteiger partial charge is 0.330 e. The number of fused-ring (bicyclic) bond motifs is 1. The highest BCUT2D eigenvalue weighted by atomic mass is 35.5. The summed E-state index contributed by atoms with van der Waals surface area (Å²) in [6.07, 6.45) is 5.13. The second kappa shape index (κ2) is 9.36. The molecule has 0 amide bonds. The molecular formula is C23H28ClN3S. The summed E-state index contributed by atoms with van der Waals surface area (Å²) in [5.41, 5.74) is 8.29. The van der Waals surface area contributed by atoms with Crippen molar-refractivity contribution in [3.8, 4) is 0 Å². The van der Waals surface area contributed by atoms with E-state index < -0.39 is 0 Å². The van der Waals surface area contributed by atoms with Gasteiger partial charge in [-0.25, -0.2) is 4.98 Å². The topological polar surface area (TPSA) is 42.1 Å². The lowest BCUT2D eigenvalue weighted by Gasteiger charge is -2.32. The molecule has 3 aromatic rings. The van der Waals surface area contributed by atoms with Crippen LogP contribution < -0.4 is 5.73 Å². The van der Waals surface area contributed by atoms with Crippen LogP contribution in [-0.4, -0.2) is 23.0 Å². The Morgan fingerprint density at radius 2 is 1.68 bits per heavy atom. The molecule has 0 spiro atoms. The van der Waals surface area contributed by atoms with E-state index in [9.17, 15) is 0 Å². The van der Waals surface area contributed by atoms with Crippen molar-refractivity contribution >= 4 is 33.2 Å². The van der Waals surface area contributed by atoms with E-state index in [0.29, 0.717) is 0 Å². The molecule has 1 saturated carbocycles. The van der Waals surface area contributed by atoms with Gasteiger partial charge in [0.25, 0.3) is 0 Å². The zero-order valence-corrected chi connectivity index (χ0v) is 17.8. The molecular weight excluding hydrogens is 386 g/mol. The first-order valence-corrected chi connectivity index (χ1v) is 11.4. The molecule has 0 unspecified atom stereocenters. The molecule has 1 aliphatic rings. The number of para-hydroxylation sites is 1. The summed E-state index contributed by atoms with van der Waals surface area (Å²) in [4.78, 5) is 7.43. The second-order valence-corrected chi connectivity index (χ2v) is 9.55. The van der Waals surface area contributed by atoms with E-state index in [-0.39, 0.29) is 0 Å². The van der Waals surface area contributed by atoms with Crippen LogP contribution in [0, 0.1) is 11.8 Å². The second-order valence-electron chi connectivity index (χ2n) is 7.99. The fourth-order valence-electron chi connectivity index (χ4n) is 4.23. The van der Waals surface area contributed by atoms with Crippen LogP contribution in [0.3, 0.4) is 0 Å². The van der Waals surface area contributed by atoms with Gasteiger partial charge in [0, 0.05) is 18.1 Å². The molecule has 0 bridgehead atoms. The molecule has 3 nitrogen and oxygen atoms in total. The number of hydrogen-bond acceptors (Lipinski definition) is 4. The summed E-state index contributed by atoms with van der Waals surface area (Å²) < 4.78 is 1.27. The van der Waals surface area contributed by atoms with E-state index in [0.717, 1.165) is 48.6 Å². The monoisotopic (exact) mass is 413 g/mol. The van der Waals surface area contributed by atoms with Crippen molar-refractivity contribution in [2.75, 3.05) is 13.1 Å². The van der Waals surface area contributed by atoms with Crippen molar-refractivity contribution in [3.05, 3.63) is 64.1 Å². The van der Waals surface area contributed by atoms with Crippen molar-refractivity contribution < 1.29 is 0 Å². The molecule has 2 N–H and O–H groups in total. The maximum Gasteiger partial charge on any atom is 0.108 e. The third-order valence-electron chi connectivity index (χ3n) is 5.83. The first kappa shape index (κ1) is 19.8.